The normalized spacial score (nSPS) is 34.3. The molecule has 0 bridgehead atoms. The number of aromatic hydroxyl groups is 1. The van der Waals surface area contributed by atoms with E-state index in [9.17, 15) is 35.4 Å². The van der Waals surface area contributed by atoms with E-state index in [4.69, 9.17) is 23.7 Å². The highest BCUT2D eigenvalue weighted by molar-refractivity contribution is 5.87. The van der Waals surface area contributed by atoms with Crippen molar-refractivity contribution in [2.24, 2.45) is 0 Å². The number of aliphatic hydroxyl groups excluding tert-OH is 5. The van der Waals surface area contributed by atoms with Gasteiger partial charge in [-0.1, -0.05) is 29.9 Å². The molecule has 2 aliphatic rings. The molecule has 0 spiro atoms. The molecule has 0 aromatic heterocycles. The highest BCUT2D eigenvalue weighted by Crippen LogP contribution is 2.34. The van der Waals surface area contributed by atoms with Crippen LogP contribution < -0.4 is 0 Å². The van der Waals surface area contributed by atoms with Crippen LogP contribution >= 0.6 is 0 Å². The topological polar surface area (TPSA) is 185 Å². The average molecular weight is 609 g/mol. The molecular formula is C31H44O12. The number of rotatable bonds is 12. The maximum absolute atomic E-state index is 12.9. The van der Waals surface area contributed by atoms with Crippen molar-refractivity contribution in [2.45, 2.75) is 108 Å². The third kappa shape index (κ3) is 9.17. The van der Waals surface area contributed by atoms with E-state index in [0.29, 0.717) is 18.4 Å². The minimum atomic E-state index is -1.72. The fourth-order valence-corrected chi connectivity index (χ4v) is 4.76. The summed E-state index contributed by atoms with van der Waals surface area (Å²) >= 11 is 0. The number of ether oxygens (including phenoxy) is 5. The summed E-state index contributed by atoms with van der Waals surface area (Å²) < 4.78 is 29.1. The number of carbonyl (C=O) groups is 1. The van der Waals surface area contributed by atoms with Crippen molar-refractivity contribution in [2.75, 3.05) is 6.61 Å². The third-order valence-corrected chi connectivity index (χ3v) is 7.46. The molecule has 12 nitrogen and oxygen atoms in total. The molecule has 0 radical (unpaired) electrons. The number of phenolic OH excluding ortho intramolecular Hbond substituents is 1. The first kappa shape index (κ1) is 34.8. The molecule has 0 amide bonds. The Morgan fingerprint density at radius 3 is 2.28 bits per heavy atom. The SMILES string of the molecule is C=CC(C)(CCC=C(C)C)O[C@@H]1O[C@H](CO)[C@@H](OC(=O)/C=C/c2ccc(O)cc2)C(OC2O[C@@H](C)[C@H](O)[C@@H](O)[C@H]2O)[C@H]1O. The van der Waals surface area contributed by atoms with E-state index in [1.165, 1.54) is 25.1 Å². The van der Waals surface area contributed by atoms with Crippen LogP contribution in [0.4, 0.5) is 0 Å². The van der Waals surface area contributed by atoms with Gasteiger partial charge in [0.15, 0.2) is 18.7 Å². The molecule has 2 aliphatic heterocycles. The van der Waals surface area contributed by atoms with Gasteiger partial charge in [0.05, 0.1) is 18.3 Å². The summed E-state index contributed by atoms with van der Waals surface area (Å²) in [5, 5.41) is 62.1. The fraction of sp³-hybridized carbons (Fsp3) is 0.581. The minimum Gasteiger partial charge on any atom is -0.508 e. The van der Waals surface area contributed by atoms with Crippen LogP contribution in [0.2, 0.25) is 0 Å². The van der Waals surface area contributed by atoms with Crippen LogP contribution in [-0.2, 0) is 28.5 Å². The minimum absolute atomic E-state index is 0.0548. The molecule has 11 atom stereocenters. The van der Waals surface area contributed by atoms with Crippen molar-refractivity contribution >= 4 is 12.0 Å². The largest absolute Gasteiger partial charge is 0.508 e. The summed E-state index contributed by atoms with van der Waals surface area (Å²) in [4.78, 5) is 12.9. The number of allylic oxidation sites excluding steroid dienone is 2. The van der Waals surface area contributed by atoms with Gasteiger partial charge in [0.1, 0.15) is 42.4 Å². The smallest absolute Gasteiger partial charge is 0.331 e. The molecule has 0 aliphatic carbocycles. The van der Waals surface area contributed by atoms with Gasteiger partial charge in [0.25, 0.3) is 0 Å². The first-order valence-electron chi connectivity index (χ1n) is 14.2. The predicted molar refractivity (Wildman–Crippen MR) is 154 cm³/mol. The number of esters is 1. The Labute approximate surface area is 251 Å². The van der Waals surface area contributed by atoms with Gasteiger partial charge in [-0.15, -0.1) is 6.58 Å². The summed E-state index contributed by atoms with van der Waals surface area (Å²) in [6.45, 7) is 10.3. The van der Waals surface area contributed by atoms with Crippen LogP contribution in [0.15, 0.2) is 54.6 Å². The standard InChI is InChI=1S/C31H44O12/c1-6-31(5,15-7-8-17(2)3)43-30-26(38)28(42-29-25(37)24(36)23(35)18(4)39-29)27(21(16-32)40-30)41-22(34)14-11-19-9-12-20(33)13-10-19/h6,8-14,18,21,23-30,32-33,35-38H,1,7,15-16H2,2-5H3/b14-11+/t18-,21+,23-,24+,25+,26+,27+,28?,29?,30-,31?/m0/s1. The molecule has 3 unspecified atom stereocenters. The molecule has 12 heteroatoms. The molecule has 2 saturated heterocycles. The highest BCUT2D eigenvalue weighted by atomic mass is 16.7. The van der Waals surface area contributed by atoms with E-state index in [2.05, 4.69) is 6.58 Å². The van der Waals surface area contributed by atoms with Gasteiger partial charge in [-0.2, -0.15) is 0 Å². The quantitative estimate of drug-likeness (QED) is 0.114. The van der Waals surface area contributed by atoms with E-state index in [1.807, 2.05) is 19.9 Å². The molecular weight excluding hydrogens is 564 g/mol. The van der Waals surface area contributed by atoms with E-state index in [-0.39, 0.29) is 5.75 Å². The first-order chi connectivity index (χ1) is 20.3. The molecule has 2 fully saturated rings. The maximum atomic E-state index is 12.9. The second-order valence-electron chi connectivity index (χ2n) is 11.3. The number of aliphatic hydroxyl groups is 5. The highest BCUT2D eigenvalue weighted by Gasteiger charge is 2.53. The van der Waals surface area contributed by atoms with Crippen molar-refractivity contribution in [3.8, 4) is 5.75 Å². The zero-order valence-corrected chi connectivity index (χ0v) is 24.9. The molecule has 240 valence electrons. The van der Waals surface area contributed by atoms with Crippen molar-refractivity contribution in [1.29, 1.82) is 0 Å². The van der Waals surface area contributed by atoms with Gasteiger partial charge in [-0.3, -0.25) is 0 Å². The summed E-state index contributed by atoms with van der Waals surface area (Å²) in [6, 6.07) is 6.04. The molecule has 6 N–H and O–H groups in total. The van der Waals surface area contributed by atoms with Crippen LogP contribution in [-0.4, -0.2) is 110 Å². The van der Waals surface area contributed by atoms with E-state index >= 15 is 0 Å². The van der Waals surface area contributed by atoms with Gasteiger partial charge in [-0.25, -0.2) is 4.79 Å². The Hall–Kier alpha value is -2.65. The van der Waals surface area contributed by atoms with Gasteiger partial charge in [-0.05, 0) is 64.3 Å². The molecule has 43 heavy (non-hydrogen) atoms. The molecule has 0 saturated carbocycles. The van der Waals surface area contributed by atoms with Gasteiger partial charge >= 0.3 is 5.97 Å². The van der Waals surface area contributed by atoms with Gasteiger partial charge in [0, 0.05) is 6.08 Å². The Kier molecular flexibility index (Phi) is 12.5. The zero-order valence-electron chi connectivity index (χ0n) is 24.9. The maximum Gasteiger partial charge on any atom is 0.331 e. The lowest BCUT2D eigenvalue weighted by atomic mass is 9.95. The van der Waals surface area contributed by atoms with E-state index in [0.717, 1.165) is 11.6 Å². The number of carbonyl (C=O) groups excluding carboxylic acids is 1. The van der Waals surface area contributed by atoms with Crippen molar-refractivity contribution in [3.63, 3.8) is 0 Å². The van der Waals surface area contributed by atoms with Gasteiger partial charge < -0.3 is 54.3 Å². The van der Waals surface area contributed by atoms with Crippen molar-refractivity contribution < 1.29 is 59.1 Å². The predicted octanol–water partition coefficient (Wildman–Crippen LogP) is 1.32. The molecule has 1 aromatic rings. The second-order valence-corrected chi connectivity index (χ2v) is 11.3. The molecule has 3 rings (SSSR count). The second kappa shape index (κ2) is 15.4. The van der Waals surface area contributed by atoms with E-state index in [1.54, 1.807) is 25.1 Å². The lowest BCUT2D eigenvalue weighted by molar-refractivity contribution is -0.364. The summed E-state index contributed by atoms with van der Waals surface area (Å²) in [5.41, 5.74) is 0.728. The first-order valence-corrected chi connectivity index (χ1v) is 14.2. The monoisotopic (exact) mass is 608 g/mol. The van der Waals surface area contributed by atoms with Crippen LogP contribution in [0.1, 0.15) is 46.1 Å². The number of phenols is 1. The van der Waals surface area contributed by atoms with Crippen molar-refractivity contribution in [1.82, 2.24) is 0 Å². The summed E-state index contributed by atoms with van der Waals surface area (Å²) in [5.74, 6) is -0.814. The third-order valence-electron chi connectivity index (χ3n) is 7.46. The Balaban J connectivity index is 1.88. The Morgan fingerprint density at radius 1 is 1.00 bits per heavy atom. The van der Waals surface area contributed by atoms with Crippen LogP contribution in [0, 0.1) is 0 Å². The van der Waals surface area contributed by atoms with Gasteiger partial charge in [0.2, 0.25) is 0 Å². The van der Waals surface area contributed by atoms with Crippen molar-refractivity contribution in [3.05, 3.63) is 60.2 Å². The molecule has 1 aromatic carbocycles. The van der Waals surface area contributed by atoms with E-state index < -0.39 is 79.6 Å². The lowest BCUT2D eigenvalue weighted by Crippen LogP contribution is -2.65. The number of hydrogen-bond donors (Lipinski definition) is 6. The Morgan fingerprint density at radius 2 is 1.67 bits per heavy atom. The fourth-order valence-electron chi connectivity index (χ4n) is 4.76. The average Bonchev–Trinajstić information content (AvgIpc) is 2.97. The van der Waals surface area contributed by atoms with Crippen LogP contribution in [0.25, 0.3) is 6.08 Å². The van der Waals surface area contributed by atoms with Crippen LogP contribution in [0.3, 0.4) is 0 Å². The zero-order chi connectivity index (χ0) is 31.9. The van der Waals surface area contributed by atoms with Crippen LogP contribution in [0.5, 0.6) is 5.75 Å². The number of benzene rings is 1. The Bertz CT molecular complexity index is 1120. The lowest BCUT2D eigenvalue weighted by Gasteiger charge is -2.47. The molecule has 2 heterocycles. The number of hydrogen-bond acceptors (Lipinski definition) is 12. The summed E-state index contributed by atoms with van der Waals surface area (Å²) in [6.07, 6.45) is -7.17. The summed E-state index contributed by atoms with van der Waals surface area (Å²) in [7, 11) is 0.